The number of imidazole rings is 1. The summed E-state index contributed by atoms with van der Waals surface area (Å²) in [6.45, 7) is 8.01. The maximum absolute atomic E-state index is 13.1. The molecule has 3 heterocycles. The largest absolute Gasteiger partial charge is 0.313 e. The van der Waals surface area contributed by atoms with Crippen LogP contribution >= 0.6 is 0 Å². The summed E-state index contributed by atoms with van der Waals surface area (Å²) in [4.78, 5) is 9.58. The summed E-state index contributed by atoms with van der Waals surface area (Å²) in [7, 11) is -3.49. The third-order valence-electron chi connectivity index (χ3n) is 5.55. The zero-order valence-corrected chi connectivity index (χ0v) is 17.4. The number of aromatic nitrogens is 3. The molecule has 0 saturated carbocycles. The highest BCUT2D eigenvalue weighted by molar-refractivity contribution is 7.89. The van der Waals surface area contributed by atoms with E-state index in [1.807, 2.05) is 24.3 Å². The van der Waals surface area contributed by atoms with Crippen LogP contribution < -0.4 is 0 Å². The predicted octanol–water partition coefficient (Wildman–Crippen LogP) is 3.75. The van der Waals surface area contributed by atoms with Gasteiger partial charge in [0.1, 0.15) is 11.3 Å². The van der Waals surface area contributed by atoms with Crippen LogP contribution in [-0.4, -0.2) is 40.3 Å². The fourth-order valence-corrected chi connectivity index (χ4v) is 5.43. The number of nitrogens with zero attached hydrogens (tertiary/aromatic N) is 4. The lowest BCUT2D eigenvalue weighted by Crippen LogP contribution is -2.29. The minimum absolute atomic E-state index is 0.0823. The lowest BCUT2D eigenvalue weighted by molar-refractivity contribution is 0.469. The molecule has 1 atom stereocenters. The van der Waals surface area contributed by atoms with Gasteiger partial charge in [0, 0.05) is 31.7 Å². The molecule has 1 saturated heterocycles. The zero-order chi connectivity index (χ0) is 19.9. The van der Waals surface area contributed by atoms with Crippen molar-refractivity contribution >= 4 is 21.2 Å². The number of aryl methyl sites for hydroxylation is 1. The molecule has 0 radical (unpaired) electrons. The van der Waals surface area contributed by atoms with Gasteiger partial charge in [-0.25, -0.2) is 18.4 Å². The molecular weight excluding hydrogens is 372 g/mol. The average molecular weight is 399 g/mol. The maximum atomic E-state index is 13.1. The smallest absolute Gasteiger partial charge is 0.243 e. The number of rotatable bonds is 5. The van der Waals surface area contributed by atoms with Crippen molar-refractivity contribution in [1.82, 2.24) is 18.8 Å². The van der Waals surface area contributed by atoms with Crippen molar-refractivity contribution in [1.29, 1.82) is 0 Å². The first-order valence-electron chi connectivity index (χ1n) is 9.83. The summed E-state index contributed by atoms with van der Waals surface area (Å²) in [6, 6.07) is 11.1. The van der Waals surface area contributed by atoms with Gasteiger partial charge in [-0.2, -0.15) is 4.31 Å². The molecule has 0 aliphatic carbocycles. The van der Waals surface area contributed by atoms with Crippen LogP contribution in [0.1, 0.15) is 50.4 Å². The van der Waals surface area contributed by atoms with E-state index in [-0.39, 0.29) is 5.92 Å². The van der Waals surface area contributed by atoms with E-state index >= 15 is 0 Å². The maximum Gasteiger partial charge on any atom is 0.243 e. The van der Waals surface area contributed by atoms with Crippen LogP contribution in [0.4, 0.5) is 0 Å². The Bertz CT molecular complexity index is 1090. The summed E-state index contributed by atoms with van der Waals surface area (Å²) >= 11 is 0. The molecule has 0 N–H and O–H groups in total. The van der Waals surface area contributed by atoms with E-state index < -0.39 is 10.0 Å². The van der Waals surface area contributed by atoms with E-state index in [0.717, 1.165) is 35.5 Å². The monoisotopic (exact) mass is 398 g/mol. The van der Waals surface area contributed by atoms with Crippen LogP contribution in [0, 0.1) is 0 Å². The van der Waals surface area contributed by atoms with Crippen LogP contribution in [0.3, 0.4) is 0 Å². The highest BCUT2D eigenvalue weighted by atomic mass is 32.2. The van der Waals surface area contributed by atoms with Crippen molar-refractivity contribution in [2.45, 2.75) is 50.5 Å². The van der Waals surface area contributed by atoms with E-state index in [4.69, 9.17) is 4.98 Å². The summed E-state index contributed by atoms with van der Waals surface area (Å²) < 4.78 is 29.9. The molecule has 1 aromatic carbocycles. The van der Waals surface area contributed by atoms with Gasteiger partial charge in [0.2, 0.25) is 10.0 Å². The normalized spacial score (nSPS) is 18.4. The Labute approximate surface area is 166 Å². The molecule has 3 aromatic rings. The van der Waals surface area contributed by atoms with Crippen molar-refractivity contribution in [2.24, 2.45) is 0 Å². The van der Waals surface area contributed by atoms with E-state index in [0.29, 0.717) is 23.9 Å². The van der Waals surface area contributed by atoms with E-state index in [1.165, 1.54) is 0 Å². The Morgan fingerprint density at radius 2 is 1.93 bits per heavy atom. The Balaban J connectivity index is 1.60. The first-order chi connectivity index (χ1) is 13.4. The molecule has 2 aromatic heterocycles. The first-order valence-corrected chi connectivity index (χ1v) is 11.3. The van der Waals surface area contributed by atoms with E-state index in [1.54, 1.807) is 22.6 Å². The van der Waals surface area contributed by atoms with Crippen molar-refractivity contribution in [3.05, 3.63) is 54.0 Å². The molecule has 1 aliphatic heterocycles. The lowest BCUT2D eigenvalue weighted by atomic mass is 10.0. The lowest BCUT2D eigenvalue weighted by Gasteiger charge is -2.17. The van der Waals surface area contributed by atoms with Crippen molar-refractivity contribution in [3.8, 4) is 0 Å². The molecule has 7 heteroatoms. The van der Waals surface area contributed by atoms with Gasteiger partial charge < -0.3 is 4.57 Å². The fourth-order valence-electron chi connectivity index (χ4n) is 3.93. The second kappa shape index (κ2) is 7.29. The SMILES string of the molecule is CCn1c([C@H]2CCN(S(=O)(=O)c3ccc(C(C)C)cc3)C2)nc2cccnc21. The number of sulfonamides is 1. The number of hydrogen-bond donors (Lipinski definition) is 0. The Hall–Kier alpha value is -2.25. The van der Waals surface area contributed by atoms with Gasteiger partial charge >= 0.3 is 0 Å². The van der Waals surface area contributed by atoms with E-state index in [2.05, 4.69) is 30.3 Å². The van der Waals surface area contributed by atoms with E-state index in [9.17, 15) is 8.42 Å². The quantitative estimate of drug-likeness (QED) is 0.656. The van der Waals surface area contributed by atoms with Gasteiger partial charge in [0.25, 0.3) is 0 Å². The summed E-state index contributed by atoms with van der Waals surface area (Å²) in [5.41, 5.74) is 2.87. The van der Waals surface area contributed by atoms with Crippen LogP contribution in [-0.2, 0) is 16.6 Å². The summed E-state index contributed by atoms with van der Waals surface area (Å²) in [6.07, 6.45) is 2.54. The van der Waals surface area contributed by atoms with Crippen molar-refractivity contribution in [2.75, 3.05) is 13.1 Å². The van der Waals surface area contributed by atoms with Gasteiger partial charge in [0.15, 0.2) is 5.65 Å². The Kier molecular flexibility index (Phi) is 4.97. The molecule has 0 spiro atoms. The van der Waals surface area contributed by atoms with Gasteiger partial charge in [-0.15, -0.1) is 0 Å². The van der Waals surface area contributed by atoms with Crippen LogP contribution in [0.15, 0.2) is 47.5 Å². The van der Waals surface area contributed by atoms with Gasteiger partial charge in [-0.3, -0.25) is 0 Å². The van der Waals surface area contributed by atoms with Crippen LogP contribution in [0.2, 0.25) is 0 Å². The topological polar surface area (TPSA) is 68.1 Å². The predicted molar refractivity (Wildman–Crippen MR) is 110 cm³/mol. The van der Waals surface area contributed by atoms with Gasteiger partial charge in [0.05, 0.1) is 4.90 Å². The number of hydrogen-bond acceptors (Lipinski definition) is 4. The zero-order valence-electron chi connectivity index (χ0n) is 16.5. The highest BCUT2D eigenvalue weighted by Crippen LogP contribution is 2.32. The molecule has 6 nitrogen and oxygen atoms in total. The van der Waals surface area contributed by atoms with Crippen molar-refractivity contribution < 1.29 is 8.42 Å². The molecule has 148 valence electrons. The minimum Gasteiger partial charge on any atom is -0.313 e. The molecule has 1 aliphatic rings. The highest BCUT2D eigenvalue weighted by Gasteiger charge is 2.35. The van der Waals surface area contributed by atoms with Crippen LogP contribution in [0.25, 0.3) is 11.2 Å². The number of pyridine rings is 1. The molecule has 4 rings (SSSR count). The number of fused-ring (bicyclic) bond motifs is 1. The Morgan fingerprint density at radius 3 is 2.61 bits per heavy atom. The second-order valence-corrected chi connectivity index (χ2v) is 9.57. The number of benzene rings is 1. The molecule has 0 amide bonds. The second-order valence-electron chi connectivity index (χ2n) is 7.63. The standard InChI is InChI=1S/C21H26N4O2S/c1-4-25-20(23-19-6-5-12-22-21(19)25)17-11-13-24(14-17)28(26,27)18-9-7-16(8-10-18)15(2)3/h5-10,12,15,17H,4,11,13-14H2,1-3H3/t17-/m0/s1. The summed E-state index contributed by atoms with van der Waals surface area (Å²) in [5, 5.41) is 0. The third-order valence-corrected chi connectivity index (χ3v) is 7.43. The van der Waals surface area contributed by atoms with Gasteiger partial charge in [-0.05, 0) is 49.1 Å². The molecule has 1 fully saturated rings. The first kappa shape index (κ1) is 19.1. The minimum atomic E-state index is -3.49. The Morgan fingerprint density at radius 1 is 1.18 bits per heavy atom. The van der Waals surface area contributed by atoms with Crippen LogP contribution in [0.5, 0.6) is 0 Å². The fraction of sp³-hybridized carbons (Fsp3) is 0.429. The molecule has 28 heavy (non-hydrogen) atoms. The van der Waals surface area contributed by atoms with Crippen molar-refractivity contribution in [3.63, 3.8) is 0 Å². The van der Waals surface area contributed by atoms with Gasteiger partial charge in [-0.1, -0.05) is 26.0 Å². The molecule has 0 unspecified atom stereocenters. The molecule has 0 bridgehead atoms. The average Bonchev–Trinajstić information content (AvgIpc) is 3.32. The molecular formula is C21H26N4O2S. The summed E-state index contributed by atoms with van der Waals surface area (Å²) in [5.74, 6) is 1.39. The third kappa shape index (κ3) is 3.22.